The van der Waals surface area contributed by atoms with E-state index in [1.54, 1.807) is 4.90 Å². The van der Waals surface area contributed by atoms with Crippen LogP contribution in [0.15, 0.2) is 42.1 Å². The maximum atomic E-state index is 12.7. The Bertz CT molecular complexity index is 761. The Morgan fingerprint density at radius 2 is 1.97 bits per heavy atom. The van der Waals surface area contributed by atoms with Crippen molar-refractivity contribution in [1.82, 2.24) is 15.1 Å². The third-order valence-corrected chi connectivity index (χ3v) is 5.79. The zero-order valence-electron chi connectivity index (χ0n) is 17.0. The summed E-state index contributed by atoms with van der Waals surface area (Å²) in [6.07, 6.45) is 6.92. The predicted molar refractivity (Wildman–Crippen MR) is 112 cm³/mol. The number of rotatable bonds is 8. The topological polar surface area (TPSA) is 76.4 Å². The number of amides is 2. The van der Waals surface area contributed by atoms with Gasteiger partial charge in [0.05, 0.1) is 0 Å². The van der Waals surface area contributed by atoms with E-state index in [1.807, 2.05) is 17.0 Å². The second-order valence-corrected chi connectivity index (χ2v) is 7.89. The van der Waals surface area contributed by atoms with E-state index in [2.05, 4.69) is 29.6 Å². The molecule has 0 saturated carbocycles. The molecule has 3 rings (SSSR count). The normalized spacial score (nSPS) is 18.0. The van der Waals surface area contributed by atoms with Gasteiger partial charge in [0.25, 0.3) is 5.91 Å². The Morgan fingerprint density at radius 1 is 1.21 bits per heavy atom. The monoisotopic (exact) mass is 394 g/mol. The molecule has 2 amide bonds. The quantitative estimate of drug-likeness (QED) is 0.417. The van der Waals surface area contributed by atoms with Crippen molar-refractivity contribution in [2.75, 3.05) is 32.7 Å². The fraction of sp³-hybridized carbons (Fsp3) is 0.522. The minimum Gasteiger partial charge on any atom is -0.390 e. The molecular formula is C23H30N4O2. The number of nitrogens with zero attached hydrogens (tertiary/aromatic N) is 3. The van der Waals surface area contributed by atoms with E-state index in [0.29, 0.717) is 32.0 Å². The van der Waals surface area contributed by atoms with E-state index in [4.69, 9.17) is 0 Å². The van der Waals surface area contributed by atoms with Crippen molar-refractivity contribution in [3.05, 3.63) is 47.7 Å². The number of carbonyl (C=O) groups excluding carboxylic acids is 2. The highest BCUT2D eigenvalue weighted by atomic mass is 16.2. The second-order valence-electron chi connectivity index (χ2n) is 7.89. The Labute approximate surface area is 173 Å². The summed E-state index contributed by atoms with van der Waals surface area (Å²) in [4.78, 5) is 27.9. The lowest BCUT2D eigenvalue weighted by molar-refractivity contribution is -0.128. The minimum atomic E-state index is -0.187. The van der Waals surface area contributed by atoms with Crippen LogP contribution in [0.2, 0.25) is 0 Å². The fourth-order valence-corrected chi connectivity index (χ4v) is 4.09. The first-order valence-corrected chi connectivity index (χ1v) is 10.6. The molecule has 0 atom stereocenters. The van der Waals surface area contributed by atoms with Gasteiger partial charge in [-0.2, -0.15) is 5.26 Å². The van der Waals surface area contributed by atoms with Gasteiger partial charge in [0.1, 0.15) is 11.6 Å². The van der Waals surface area contributed by atoms with Crippen LogP contribution in [0, 0.1) is 17.2 Å². The van der Waals surface area contributed by atoms with Crippen molar-refractivity contribution < 1.29 is 9.59 Å². The van der Waals surface area contributed by atoms with Gasteiger partial charge >= 0.3 is 0 Å². The minimum absolute atomic E-state index is 0.156. The van der Waals surface area contributed by atoms with E-state index in [-0.39, 0.29) is 17.4 Å². The van der Waals surface area contributed by atoms with Crippen LogP contribution in [0.5, 0.6) is 0 Å². The van der Waals surface area contributed by atoms with Crippen LogP contribution in [-0.4, -0.2) is 54.3 Å². The number of hydrogen-bond acceptors (Lipinski definition) is 4. The standard InChI is InChI=1S/C23H30N4O2/c24-17-21(18-25-11-5-13-26-12-4-8-22(26)28)23(29)27-14-9-20(10-15-27)16-19-6-2-1-3-7-19/h1-3,6-7,18,20,25H,4-5,8-16H2/b21-18-. The van der Waals surface area contributed by atoms with Gasteiger partial charge in [0, 0.05) is 45.3 Å². The summed E-state index contributed by atoms with van der Waals surface area (Å²) in [6.45, 7) is 3.61. The van der Waals surface area contributed by atoms with E-state index >= 15 is 0 Å². The summed E-state index contributed by atoms with van der Waals surface area (Å²) < 4.78 is 0. The van der Waals surface area contributed by atoms with Crippen molar-refractivity contribution in [3.63, 3.8) is 0 Å². The SMILES string of the molecule is N#C/C(=C/NCCCN1CCCC1=O)C(=O)N1CCC(Cc2ccccc2)CC1. The second kappa shape index (κ2) is 10.7. The summed E-state index contributed by atoms with van der Waals surface area (Å²) in [5.74, 6) is 0.624. The van der Waals surface area contributed by atoms with Crippen LogP contribution in [0.25, 0.3) is 0 Å². The van der Waals surface area contributed by atoms with Crippen molar-refractivity contribution in [3.8, 4) is 6.07 Å². The van der Waals surface area contributed by atoms with Crippen molar-refractivity contribution in [1.29, 1.82) is 5.26 Å². The third kappa shape index (κ3) is 6.08. The molecule has 29 heavy (non-hydrogen) atoms. The first-order chi connectivity index (χ1) is 14.2. The van der Waals surface area contributed by atoms with Gasteiger partial charge in [0.2, 0.25) is 5.91 Å². The summed E-state index contributed by atoms with van der Waals surface area (Å²) in [7, 11) is 0. The van der Waals surface area contributed by atoms with Crippen LogP contribution in [0.3, 0.4) is 0 Å². The van der Waals surface area contributed by atoms with Gasteiger partial charge in [0.15, 0.2) is 0 Å². The number of benzene rings is 1. The molecule has 154 valence electrons. The highest BCUT2D eigenvalue weighted by Gasteiger charge is 2.25. The molecule has 0 aromatic heterocycles. The first kappa shape index (κ1) is 20.9. The van der Waals surface area contributed by atoms with E-state index in [9.17, 15) is 14.9 Å². The Hall–Kier alpha value is -2.81. The summed E-state index contributed by atoms with van der Waals surface area (Å²) in [5.41, 5.74) is 1.50. The number of likely N-dealkylation sites (tertiary alicyclic amines) is 2. The Balaban J connectivity index is 1.39. The zero-order valence-corrected chi connectivity index (χ0v) is 17.0. The molecule has 2 saturated heterocycles. The van der Waals surface area contributed by atoms with Gasteiger partial charge in [-0.05, 0) is 43.6 Å². The lowest BCUT2D eigenvalue weighted by Crippen LogP contribution is -2.39. The molecule has 0 aliphatic carbocycles. The maximum absolute atomic E-state index is 12.7. The predicted octanol–water partition coefficient (Wildman–Crippen LogP) is 2.48. The first-order valence-electron chi connectivity index (χ1n) is 10.6. The maximum Gasteiger partial charge on any atom is 0.265 e. The molecule has 6 heteroatoms. The average Bonchev–Trinajstić information content (AvgIpc) is 3.16. The fourth-order valence-electron chi connectivity index (χ4n) is 4.09. The van der Waals surface area contributed by atoms with E-state index in [0.717, 1.165) is 45.2 Å². The lowest BCUT2D eigenvalue weighted by Gasteiger charge is -2.32. The lowest BCUT2D eigenvalue weighted by atomic mass is 9.90. The largest absolute Gasteiger partial charge is 0.390 e. The molecule has 1 N–H and O–H groups in total. The highest BCUT2D eigenvalue weighted by Crippen LogP contribution is 2.22. The molecule has 1 aromatic carbocycles. The van der Waals surface area contributed by atoms with Crippen molar-refractivity contribution in [2.45, 2.75) is 38.5 Å². The average molecular weight is 395 g/mol. The zero-order chi connectivity index (χ0) is 20.5. The van der Waals surface area contributed by atoms with E-state index in [1.165, 1.54) is 11.8 Å². The molecule has 2 fully saturated rings. The van der Waals surface area contributed by atoms with Crippen LogP contribution >= 0.6 is 0 Å². The van der Waals surface area contributed by atoms with Crippen molar-refractivity contribution in [2.24, 2.45) is 5.92 Å². The molecule has 0 radical (unpaired) electrons. The molecule has 0 bridgehead atoms. The third-order valence-electron chi connectivity index (χ3n) is 5.79. The molecule has 0 unspecified atom stereocenters. The molecule has 2 aliphatic heterocycles. The molecule has 2 heterocycles. The van der Waals surface area contributed by atoms with Gasteiger partial charge in [-0.1, -0.05) is 30.3 Å². The smallest absolute Gasteiger partial charge is 0.265 e. The number of piperidine rings is 1. The Kier molecular flexibility index (Phi) is 7.69. The summed E-state index contributed by atoms with van der Waals surface area (Å²) >= 11 is 0. The number of hydrogen-bond donors (Lipinski definition) is 1. The van der Waals surface area contributed by atoms with Gasteiger partial charge in [-0.15, -0.1) is 0 Å². The van der Waals surface area contributed by atoms with Crippen LogP contribution in [0.1, 0.15) is 37.7 Å². The number of carbonyl (C=O) groups is 2. The highest BCUT2D eigenvalue weighted by molar-refractivity contribution is 5.97. The summed E-state index contributed by atoms with van der Waals surface area (Å²) in [6, 6.07) is 12.5. The number of nitrogens with one attached hydrogen (secondary N) is 1. The molecule has 1 aromatic rings. The van der Waals surface area contributed by atoms with Crippen LogP contribution in [0.4, 0.5) is 0 Å². The molecule has 0 spiro atoms. The van der Waals surface area contributed by atoms with Gasteiger partial charge in [-0.3, -0.25) is 9.59 Å². The Morgan fingerprint density at radius 3 is 2.62 bits per heavy atom. The van der Waals surface area contributed by atoms with Crippen molar-refractivity contribution >= 4 is 11.8 Å². The summed E-state index contributed by atoms with van der Waals surface area (Å²) in [5, 5.41) is 12.4. The number of nitriles is 1. The van der Waals surface area contributed by atoms with Gasteiger partial charge < -0.3 is 15.1 Å². The molecule has 6 nitrogen and oxygen atoms in total. The van der Waals surface area contributed by atoms with Crippen LogP contribution in [-0.2, 0) is 16.0 Å². The van der Waals surface area contributed by atoms with Gasteiger partial charge in [-0.25, -0.2) is 0 Å². The van der Waals surface area contributed by atoms with E-state index < -0.39 is 0 Å². The molecular weight excluding hydrogens is 364 g/mol. The van der Waals surface area contributed by atoms with Crippen LogP contribution < -0.4 is 5.32 Å². The molecule has 2 aliphatic rings.